The van der Waals surface area contributed by atoms with Gasteiger partial charge in [0.25, 0.3) is 11.8 Å². The summed E-state index contributed by atoms with van der Waals surface area (Å²) in [6, 6.07) is 8.13. The molecule has 0 bridgehead atoms. The van der Waals surface area contributed by atoms with E-state index in [2.05, 4.69) is 10.6 Å². The van der Waals surface area contributed by atoms with Crippen molar-refractivity contribution in [2.75, 3.05) is 18.5 Å². The highest BCUT2D eigenvalue weighted by atomic mass is 19.1. The zero-order chi connectivity index (χ0) is 20.7. The predicted octanol–water partition coefficient (Wildman–Crippen LogP) is 2.88. The van der Waals surface area contributed by atoms with Crippen LogP contribution in [-0.2, 0) is 14.3 Å². The first kappa shape index (κ1) is 21.0. The van der Waals surface area contributed by atoms with Gasteiger partial charge >= 0.3 is 5.97 Å². The van der Waals surface area contributed by atoms with E-state index in [0.717, 1.165) is 23.3 Å². The van der Waals surface area contributed by atoms with Crippen LogP contribution in [0.3, 0.4) is 0 Å². The molecule has 2 rings (SSSR count). The standard InChI is InChI=1S/C20H20F2N2O4/c1-12-4-3-5-13(2)19(12)24-17(25)11-28-18(26)8-9-23-20(27)15-7-6-14(21)10-16(15)22/h3-7,10H,8-9,11H2,1-2H3,(H,23,27)(H,24,25). The van der Waals surface area contributed by atoms with Gasteiger partial charge in [-0.05, 0) is 37.1 Å². The lowest BCUT2D eigenvalue weighted by Crippen LogP contribution is -2.28. The number of carbonyl (C=O) groups is 3. The minimum Gasteiger partial charge on any atom is -0.456 e. The molecule has 0 unspecified atom stereocenters. The minimum absolute atomic E-state index is 0.118. The van der Waals surface area contributed by atoms with Crippen molar-refractivity contribution in [2.45, 2.75) is 20.3 Å². The molecule has 0 atom stereocenters. The highest BCUT2D eigenvalue weighted by Gasteiger charge is 2.14. The summed E-state index contributed by atoms with van der Waals surface area (Å²) >= 11 is 0. The summed E-state index contributed by atoms with van der Waals surface area (Å²) in [7, 11) is 0. The van der Waals surface area contributed by atoms with E-state index in [4.69, 9.17) is 4.74 Å². The molecule has 0 heterocycles. The first-order valence-corrected chi connectivity index (χ1v) is 8.53. The van der Waals surface area contributed by atoms with E-state index in [1.807, 2.05) is 32.0 Å². The third-order valence-corrected chi connectivity index (χ3v) is 3.90. The van der Waals surface area contributed by atoms with Crippen LogP contribution in [0.1, 0.15) is 27.9 Å². The van der Waals surface area contributed by atoms with Gasteiger partial charge in [-0.2, -0.15) is 0 Å². The number of rotatable bonds is 7. The molecule has 2 N–H and O–H groups in total. The van der Waals surface area contributed by atoms with Crippen molar-refractivity contribution in [1.82, 2.24) is 5.32 Å². The molecule has 0 aromatic heterocycles. The van der Waals surface area contributed by atoms with Crippen molar-refractivity contribution < 1.29 is 27.9 Å². The fraction of sp³-hybridized carbons (Fsp3) is 0.250. The second kappa shape index (κ2) is 9.59. The maximum absolute atomic E-state index is 13.5. The second-order valence-corrected chi connectivity index (χ2v) is 6.11. The molecule has 8 heteroatoms. The first-order valence-electron chi connectivity index (χ1n) is 8.53. The molecule has 0 fully saturated rings. The molecular formula is C20H20F2N2O4. The lowest BCUT2D eigenvalue weighted by Gasteiger charge is -2.11. The quantitative estimate of drug-likeness (QED) is 0.712. The topological polar surface area (TPSA) is 84.5 Å². The van der Waals surface area contributed by atoms with E-state index in [1.54, 1.807) is 0 Å². The van der Waals surface area contributed by atoms with Crippen molar-refractivity contribution in [2.24, 2.45) is 0 Å². The summed E-state index contributed by atoms with van der Waals surface area (Å²) in [5.74, 6) is -3.75. The molecule has 0 saturated heterocycles. The molecule has 2 aromatic carbocycles. The Kier molecular flexibility index (Phi) is 7.20. The Morgan fingerprint density at radius 1 is 1.04 bits per heavy atom. The van der Waals surface area contributed by atoms with Crippen LogP contribution in [0.15, 0.2) is 36.4 Å². The van der Waals surface area contributed by atoms with Crippen molar-refractivity contribution in [3.05, 3.63) is 64.7 Å². The van der Waals surface area contributed by atoms with Crippen molar-refractivity contribution in [3.8, 4) is 0 Å². The number of anilines is 1. The molecule has 0 aliphatic carbocycles. The average molecular weight is 390 g/mol. The van der Waals surface area contributed by atoms with Gasteiger partial charge in [0.1, 0.15) is 11.6 Å². The third kappa shape index (κ3) is 5.87. The van der Waals surface area contributed by atoms with E-state index in [9.17, 15) is 23.2 Å². The Hall–Kier alpha value is -3.29. The number of para-hydroxylation sites is 1. The fourth-order valence-electron chi connectivity index (χ4n) is 2.45. The van der Waals surface area contributed by atoms with Crippen LogP contribution < -0.4 is 10.6 Å². The van der Waals surface area contributed by atoms with Gasteiger partial charge in [0.2, 0.25) is 0 Å². The zero-order valence-electron chi connectivity index (χ0n) is 15.5. The average Bonchev–Trinajstić information content (AvgIpc) is 2.63. The van der Waals surface area contributed by atoms with Gasteiger partial charge in [-0.15, -0.1) is 0 Å². The van der Waals surface area contributed by atoms with Gasteiger partial charge in [-0.25, -0.2) is 8.78 Å². The van der Waals surface area contributed by atoms with Crippen LogP contribution in [0.2, 0.25) is 0 Å². The van der Waals surface area contributed by atoms with Gasteiger partial charge in [-0.3, -0.25) is 14.4 Å². The maximum atomic E-state index is 13.5. The number of esters is 1. The fourth-order valence-corrected chi connectivity index (χ4v) is 2.45. The number of halogens is 2. The molecule has 2 aromatic rings. The molecule has 0 saturated carbocycles. The Bertz CT molecular complexity index is 880. The summed E-state index contributed by atoms with van der Waals surface area (Å²) in [5, 5.41) is 5.01. The summed E-state index contributed by atoms with van der Waals surface area (Å²) in [6.07, 6.45) is -0.203. The third-order valence-electron chi connectivity index (χ3n) is 3.90. The summed E-state index contributed by atoms with van der Waals surface area (Å²) in [5.41, 5.74) is 2.10. The van der Waals surface area contributed by atoms with Crippen LogP contribution in [0.4, 0.5) is 14.5 Å². The lowest BCUT2D eigenvalue weighted by molar-refractivity contribution is -0.147. The van der Waals surface area contributed by atoms with Crippen LogP contribution in [0, 0.1) is 25.5 Å². The number of hydrogen-bond donors (Lipinski definition) is 2. The largest absolute Gasteiger partial charge is 0.456 e. The summed E-state index contributed by atoms with van der Waals surface area (Å²) in [4.78, 5) is 35.4. The zero-order valence-corrected chi connectivity index (χ0v) is 15.5. The Morgan fingerprint density at radius 3 is 2.36 bits per heavy atom. The van der Waals surface area contributed by atoms with Crippen molar-refractivity contribution >= 4 is 23.5 Å². The summed E-state index contributed by atoms with van der Waals surface area (Å²) in [6.45, 7) is 3.11. The second-order valence-electron chi connectivity index (χ2n) is 6.11. The van der Waals surface area contributed by atoms with Crippen molar-refractivity contribution in [1.29, 1.82) is 0 Å². The minimum atomic E-state index is -0.997. The van der Waals surface area contributed by atoms with Crippen LogP contribution in [0.25, 0.3) is 0 Å². The number of hydrogen-bond acceptors (Lipinski definition) is 4. The van der Waals surface area contributed by atoms with E-state index < -0.39 is 36.0 Å². The van der Waals surface area contributed by atoms with Gasteiger partial charge in [0, 0.05) is 18.3 Å². The molecule has 6 nitrogen and oxygen atoms in total. The van der Waals surface area contributed by atoms with Gasteiger partial charge in [-0.1, -0.05) is 18.2 Å². The van der Waals surface area contributed by atoms with E-state index in [-0.39, 0.29) is 18.5 Å². The number of aryl methyl sites for hydroxylation is 2. The number of amides is 2. The van der Waals surface area contributed by atoms with E-state index >= 15 is 0 Å². The highest BCUT2D eigenvalue weighted by Crippen LogP contribution is 2.19. The van der Waals surface area contributed by atoms with Gasteiger partial charge < -0.3 is 15.4 Å². The number of ether oxygens (including phenoxy) is 1. The van der Waals surface area contributed by atoms with E-state index in [1.165, 1.54) is 0 Å². The van der Waals surface area contributed by atoms with Gasteiger partial charge in [0.05, 0.1) is 12.0 Å². The van der Waals surface area contributed by atoms with Crippen LogP contribution >= 0.6 is 0 Å². The molecule has 0 spiro atoms. The Balaban J connectivity index is 1.74. The lowest BCUT2D eigenvalue weighted by atomic mass is 10.1. The first-order chi connectivity index (χ1) is 13.3. The number of benzene rings is 2. The smallest absolute Gasteiger partial charge is 0.308 e. The normalized spacial score (nSPS) is 10.3. The molecule has 28 heavy (non-hydrogen) atoms. The van der Waals surface area contributed by atoms with Crippen LogP contribution in [-0.4, -0.2) is 30.9 Å². The highest BCUT2D eigenvalue weighted by molar-refractivity contribution is 5.95. The molecule has 2 amide bonds. The molecule has 0 radical (unpaired) electrons. The predicted molar refractivity (Wildman–Crippen MR) is 98.8 cm³/mol. The SMILES string of the molecule is Cc1cccc(C)c1NC(=O)COC(=O)CCNC(=O)c1ccc(F)cc1F. The molecule has 148 valence electrons. The van der Waals surface area contributed by atoms with Crippen molar-refractivity contribution in [3.63, 3.8) is 0 Å². The monoisotopic (exact) mass is 390 g/mol. The maximum Gasteiger partial charge on any atom is 0.308 e. The molecular weight excluding hydrogens is 370 g/mol. The summed E-state index contributed by atoms with van der Waals surface area (Å²) < 4.78 is 31.2. The Morgan fingerprint density at radius 2 is 1.71 bits per heavy atom. The number of nitrogens with one attached hydrogen (secondary N) is 2. The Labute approximate surface area is 160 Å². The molecule has 0 aliphatic rings. The van der Waals surface area contributed by atoms with Crippen LogP contribution in [0.5, 0.6) is 0 Å². The molecule has 0 aliphatic heterocycles. The number of carbonyl (C=O) groups excluding carboxylic acids is 3. The van der Waals surface area contributed by atoms with E-state index in [0.29, 0.717) is 11.8 Å². The van der Waals surface area contributed by atoms with Gasteiger partial charge in [0.15, 0.2) is 6.61 Å².